The molecule has 1 aromatic heterocycles. The Balaban J connectivity index is 1.33. The summed E-state index contributed by atoms with van der Waals surface area (Å²) >= 11 is 0. The Labute approximate surface area is 318 Å². The van der Waals surface area contributed by atoms with E-state index in [1.807, 2.05) is 84.9 Å². The van der Waals surface area contributed by atoms with Gasteiger partial charge in [-0.15, -0.1) is 0 Å². The Morgan fingerprint density at radius 1 is 0.400 bits per heavy atom. The van der Waals surface area contributed by atoms with Crippen LogP contribution in [0.4, 0.5) is 17.1 Å². The molecule has 0 N–H and O–H groups in total. The lowest BCUT2D eigenvalue weighted by Crippen LogP contribution is -2.09. The molecule has 2 nitrogen and oxygen atoms in total. The molecule has 50 heavy (non-hydrogen) atoms. The predicted octanol–water partition coefficient (Wildman–Crippen LogP) is 13.3. The van der Waals surface area contributed by atoms with Crippen molar-refractivity contribution in [3.8, 4) is 39.1 Å². The van der Waals surface area contributed by atoms with Crippen LogP contribution in [-0.4, -0.2) is 4.57 Å². The number of hydrogen-bond donors (Lipinski definition) is 0. The molecule has 0 saturated carbocycles. The molecular weight excluding hydrogens is 605 g/mol. The van der Waals surface area contributed by atoms with Crippen LogP contribution in [-0.2, 0) is 0 Å². The molecule has 0 radical (unpaired) electrons. The molecule has 0 atom stereocenters. The molecule has 0 aliphatic rings. The lowest BCUT2D eigenvalue weighted by Gasteiger charge is -2.26. The minimum atomic E-state index is -1.00. The molecule has 8 aromatic carbocycles. The number of para-hydroxylation sites is 3. The number of benzene rings is 8. The SMILES string of the molecule is [2H]c1c([2H])c([2H])c(-c2c([2H])c([2H])c([2H])c(N(c3c([2H])c([2H])c([2H])c([2H])c3[2H])c3c([2H])c([2H])c(-c4ccc5c(c4)c4ccccc4n5-c4ccccc4-c4ccccc4)c([2H])c3[2H])c2[2H])c([2H])c1[2H]. The Morgan fingerprint density at radius 2 is 1.02 bits per heavy atom. The van der Waals surface area contributed by atoms with Crippen LogP contribution < -0.4 is 4.90 Å². The van der Waals surface area contributed by atoms with E-state index in [9.17, 15) is 6.85 Å². The number of fused-ring (bicyclic) bond motifs is 3. The van der Waals surface area contributed by atoms with Crippen LogP contribution in [0.3, 0.4) is 0 Å². The number of rotatable bonds is 7. The van der Waals surface area contributed by atoms with E-state index in [1.54, 1.807) is 12.1 Å². The molecule has 1 heterocycles. The summed E-state index contributed by atoms with van der Waals surface area (Å²) in [6.07, 6.45) is 0. The lowest BCUT2D eigenvalue weighted by molar-refractivity contribution is 1.18. The van der Waals surface area contributed by atoms with Gasteiger partial charge in [0.2, 0.25) is 0 Å². The van der Waals surface area contributed by atoms with Crippen LogP contribution in [0.1, 0.15) is 24.7 Å². The average molecular weight is 657 g/mol. The van der Waals surface area contributed by atoms with E-state index in [4.69, 9.17) is 17.8 Å². The summed E-state index contributed by atoms with van der Waals surface area (Å²) in [7, 11) is 0. The van der Waals surface area contributed by atoms with Crippen molar-refractivity contribution in [1.29, 1.82) is 0 Å². The molecule has 236 valence electrons. The number of aromatic nitrogens is 1. The van der Waals surface area contributed by atoms with Gasteiger partial charge in [-0.2, -0.15) is 0 Å². The molecule has 9 rings (SSSR count). The van der Waals surface area contributed by atoms with Crippen molar-refractivity contribution in [3.63, 3.8) is 0 Å². The first-order valence-electron chi connectivity index (χ1n) is 24.6. The maximum Gasteiger partial charge on any atom is 0.0651 e. The van der Waals surface area contributed by atoms with Gasteiger partial charge in [0.25, 0.3) is 0 Å². The second-order valence-electron chi connectivity index (χ2n) is 11.2. The van der Waals surface area contributed by atoms with Gasteiger partial charge in [0.15, 0.2) is 0 Å². The van der Waals surface area contributed by atoms with E-state index in [2.05, 4.69) is 4.57 Å². The van der Waals surface area contributed by atoms with Crippen molar-refractivity contribution in [2.75, 3.05) is 4.90 Å². The normalized spacial score (nSPS) is 16.2. The molecular formula is C48H34N2. The third-order valence-electron chi connectivity index (χ3n) is 8.32. The monoisotopic (exact) mass is 656 g/mol. The fourth-order valence-corrected chi connectivity index (χ4v) is 6.12. The van der Waals surface area contributed by atoms with Crippen molar-refractivity contribution < 1.29 is 24.7 Å². The Bertz CT molecular complexity index is 3540. The summed E-state index contributed by atoms with van der Waals surface area (Å²) in [6, 6.07) is 14.9. The molecule has 0 aliphatic carbocycles. The first-order valence-corrected chi connectivity index (χ1v) is 15.6. The van der Waals surface area contributed by atoms with Crippen LogP contribution in [0.25, 0.3) is 60.9 Å². The van der Waals surface area contributed by atoms with Gasteiger partial charge in [0, 0.05) is 33.4 Å². The quantitative estimate of drug-likeness (QED) is 0.166. The van der Waals surface area contributed by atoms with E-state index < -0.39 is 137 Å². The second-order valence-corrected chi connectivity index (χ2v) is 11.2. The first kappa shape index (κ1) is 16.2. The number of anilines is 3. The van der Waals surface area contributed by atoms with Gasteiger partial charge in [-0.3, -0.25) is 0 Å². The summed E-state index contributed by atoms with van der Waals surface area (Å²) in [5.74, 6) is 0. The second kappa shape index (κ2) is 12.8. The fraction of sp³-hybridized carbons (Fsp3) is 0. The van der Waals surface area contributed by atoms with Crippen molar-refractivity contribution in [3.05, 3.63) is 206 Å². The summed E-state index contributed by atoms with van der Waals surface area (Å²) in [6.45, 7) is 0. The lowest BCUT2D eigenvalue weighted by atomic mass is 10.0. The smallest absolute Gasteiger partial charge is 0.0651 e. The molecule has 0 spiro atoms. The highest BCUT2D eigenvalue weighted by Crippen LogP contribution is 2.40. The van der Waals surface area contributed by atoms with Gasteiger partial charge < -0.3 is 9.47 Å². The third kappa shape index (κ3) is 5.34. The number of hydrogen-bond acceptors (Lipinski definition) is 1. The Morgan fingerprint density at radius 3 is 1.84 bits per heavy atom. The van der Waals surface area contributed by atoms with Gasteiger partial charge >= 0.3 is 0 Å². The maximum absolute atomic E-state index is 9.53. The van der Waals surface area contributed by atoms with E-state index in [1.165, 1.54) is 0 Å². The molecule has 0 saturated heterocycles. The Kier molecular flexibility index (Phi) is 4.13. The Hall–Kier alpha value is -6.64. The van der Waals surface area contributed by atoms with Crippen molar-refractivity contribution >= 4 is 38.9 Å². The van der Waals surface area contributed by atoms with E-state index in [-0.39, 0.29) is 11.1 Å². The van der Waals surface area contributed by atoms with Crippen molar-refractivity contribution in [2.45, 2.75) is 0 Å². The summed E-state index contributed by atoms with van der Waals surface area (Å²) in [5.41, 5.74) is 0.503. The summed E-state index contributed by atoms with van der Waals surface area (Å²) in [5, 5.41) is 1.52. The highest BCUT2D eigenvalue weighted by atomic mass is 15.1. The highest BCUT2D eigenvalue weighted by Gasteiger charge is 2.17. The average Bonchev–Trinajstić information content (AvgIpc) is 3.67. The van der Waals surface area contributed by atoms with Crippen molar-refractivity contribution in [2.24, 2.45) is 0 Å². The molecule has 2 heteroatoms. The zero-order valence-electron chi connectivity index (χ0n) is 44.1. The third-order valence-corrected chi connectivity index (χ3v) is 8.32. The zero-order valence-corrected chi connectivity index (χ0v) is 26.1. The highest BCUT2D eigenvalue weighted by molar-refractivity contribution is 6.11. The van der Waals surface area contributed by atoms with Crippen LogP contribution in [0, 0.1) is 0 Å². The topological polar surface area (TPSA) is 8.17 Å². The molecule has 9 aromatic rings. The van der Waals surface area contributed by atoms with Crippen LogP contribution in [0.15, 0.2) is 206 Å². The fourth-order valence-electron chi connectivity index (χ4n) is 6.12. The van der Waals surface area contributed by atoms with Crippen molar-refractivity contribution in [1.82, 2.24) is 4.57 Å². The number of nitrogens with zero attached hydrogens (tertiary/aromatic N) is 2. The molecule has 0 bridgehead atoms. The molecule has 0 aliphatic heterocycles. The molecule has 0 unspecified atom stereocenters. The minimum absolute atomic E-state index is 0.187. The summed E-state index contributed by atoms with van der Waals surface area (Å²) < 4.78 is 162. The van der Waals surface area contributed by atoms with Gasteiger partial charge in [0.05, 0.1) is 41.4 Å². The van der Waals surface area contributed by atoms with Gasteiger partial charge in [-0.05, 0) is 88.3 Å². The minimum Gasteiger partial charge on any atom is -0.310 e. The van der Waals surface area contributed by atoms with E-state index >= 15 is 0 Å². The van der Waals surface area contributed by atoms with Gasteiger partial charge in [0.1, 0.15) is 0 Å². The van der Waals surface area contributed by atoms with E-state index in [0.717, 1.165) is 33.2 Å². The van der Waals surface area contributed by atoms with Crippen LogP contribution >= 0.6 is 0 Å². The first-order chi connectivity index (χ1) is 32.3. The predicted molar refractivity (Wildman–Crippen MR) is 212 cm³/mol. The molecule has 0 amide bonds. The summed E-state index contributed by atoms with van der Waals surface area (Å²) in [4.78, 5) is 0.576. The van der Waals surface area contributed by atoms with Crippen LogP contribution in [0.2, 0.25) is 0 Å². The van der Waals surface area contributed by atoms with Gasteiger partial charge in [-0.25, -0.2) is 0 Å². The van der Waals surface area contributed by atoms with Crippen LogP contribution in [0.5, 0.6) is 0 Å². The van der Waals surface area contributed by atoms with E-state index in [0.29, 0.717) is 10.3 Å². The molecule has 0 fully saturated rings. The largest absolute Gasteiger partial charge is 0.310 e. The van der Waals surface area contributed by atoms with Gasteiger partial charge in [-0.1, -0.05) is 145 Å². The maximum atomic E-state index is 9.53. The standard InChI is InChI=1S/C48H34N2/c1-4-15-35(16-5-1)38-19-14-22-42(33-38)49(40-20-8-3-9-21-40)41-30-27-36(28-31-41)39-29-32-48-45(34-39)44-24-11-13-26-47(44)50(48)46-25-12-10-23-43(46)37-17-6-2-7-18-37/h1-34H/i1D,3D,4D,5D,8D,9D,14D,15D,16D,19D,20D,21D,22D,27D,28D,30D,31D,33D. The zero-order chi connectivity index (χ0) is 48.9.